The van der Waals surface area contributed by atoms with Crippen LogP contribution in [0.25, 0.3) is 0 Å². The monoisotopic (exact) mass is 542 g/mol. The van der Waals surface area contributed by atoms with Gasteiger partial charge < -0.3 is 15.5 Å². The van der Waals surface area contributed by atoms with Crippen LogP contribution in [0.4, 0.5) is 0 Å². The standard InChI is InChI=1S/C14H18Br2N2O3.C3H8.C2H6.CH4O.CH4/c15-8-11-6-10(7-12(9-16)18-11)14(21)17-5-3-1-2-4-13(19)20;1-3-2;2*1-2;/h6-7H,1-5,8-9H2,(H,17,21)(H,19,20);3H2,1-2H3;1-2H3;2H,1H3;1H4. The molecule has 1 heterocycles. The van der Waals surface area contributed by atoms with E-state index in [1.807, 2.05) is 13.8 Å². The van der Waals surface area contributed by atoms with Crippen molar-refractivity contribution in [1.82, 2.24) is 10.3 Å². The Hall–Kier alpha value is -0.990. The van der Waals surface area contributed by atoms with Gasteiger partial charge in [0.15, 0.2) is 0 Å². The lowest BCUT2D eigenvalue weighted by atomic mass is 10.1. The highest BCUT2D eigenvalue weighted by Gasteiger charge is 2.09. The van der Waals surface area contributed by atoms with Gasteiger partial charge >= 0.3 is 5.97 Å². The van der Waals surface area contributed by atoms with Gasteiger partial charge in [0.2, 0.25) is 0 Å². The van der Waals surface area contributed by atoms with Crippen LogP contribution in [0.1, 0.15) is 89.0 Å². The molecule has 1 rings (SSSR count). The number of amides is 1. The number of alkyl halides is 2. The summed E-state index contributed by atoms with van der Waals surface area (Å²) in [5, 5.41) is 19.6. The molecule has 0 spiro atoms. The summed E-state index contributed by atoms with van der Waals surface area (Å²) in [6, 6.07) is 3.53. The smallest absolute Gasteiger partial charge is 0.303 e. The maximum atomic E-state index is 12.1. The number of aromatic nitrogens is 1. The number of unbranched alkanes of at least 4 members (excludes halogenated alkanes) is 2. The summed E-state index contributed by atoms with van der Waals surface area (Å²) < 4.78 is 0. The first-order valence-electron chi connectivity index (χ1n) is 9.54. The zero-order valence-corrected chi connectivity index (χ0v) is 20.9. The third-order valence-corrected chi connectivity index (χ3v) is 3.97. The van der Waals surface area contributed by atoms with E-state index in [-0.39, 0.29) is 19.8 Å². The molecule has 0 saturated carbocycles. The fourth-order valence-electron chi connectivity index (χ4n) is 1.80. The summed E-state index contributed by atoms with van der Waals surface area (Å²) in [6.07, 6.45) is 3.65. The van der Waals surface area contributed by atoms with Crippen LogP contribution >= 0.6 is 31.9 Å². The number of carboxylic acids is 1. The number of halogens is 2. The molecular formula is C21H40Br2N2O4. The molecule has 3 N–H and O–H groups in total. The Morgan fingerprint density at radius 2 is 1.45 bits per heavy atom. The molecule has 8 heteroatoms. The average molecular weight is 544 g/mol. The number of aliphatic carboxylic acids is 1. The highest BCUT2D eigenvalue weighted by atomic mass is 79.9. The first-order valence-corrected chi connectivity index (χ1v) is 11.8. The van der Waals surface area contributed by atoms with Gasteiger partial charge in [-0.1, -0.05) is 79.8 Å². The van der Waals surface area contributed by atoms with Crippen molar-refractivity contribution in [3.05, 3.63) is 29.1 Å². The number of carbonyl (C=O) groups excluding carboxylic acids is 1. The van der Waals surface area contributed by atoms with Crippen LogP contribution in [0.15, 0.2) is 12.1 Å². The van der Waals surface area contributed by atoms with Gasteiger partial charge in [-0.05, 0) is 25.0 Å². The molecule has 0 radical (unpaired) electrons. The molecule has 1 aromatic heterocycles. The quantitative estimate of drug-likeness (QED) is 0.264. The summed E-state index contributed by atoms with van der Waals surface area (Å²) in [6.45, 7) is 8.80. The number of carboxylic acid groups (broad SMARTS) is 1. The second-order valence-corrected chi connectivity index (χ2v) is 6.39. The number of rotatable bonds is 9. The number of nitrogens with one attached hydrogen (secondary N) is 1. The Morgan fingerprint density at radius 1 is 1.00 bits per heavy atom. The van der Waals surface area contributed by atoms with E-state index in [0.29, 0.717) is 29.2 Å². The van der Waals surface area contributed by atoms with E-state index < -0.39 is 5.97 Å². The third kappa shape index (κ3) is 21.5. The molecule has 0 aliphatic carbocycles. The number of pyridine rings is 1. The summed E-state index contributed by atoms with van der Waals surface area (Å²) in [4.78, 5) is 26.8. The number of nitrogens with zero attached hydrogens (tertiary/aromatic N) is 1. The fraction of sp³-hybridized carbons (Fsp3) is 0.667. The van der Waals surface area contributed by atoms with E-state index in [1.165, 1.54) is 6.42 Å². The van der Waals surface area contributed by atoms with Crippen molar-refractivity contribution in [1.29, 1.82) is 0 Å². The molecule has 0 atom stereocenters. The van der Waals surface area contributed by atoms with Gasteiger partial charge in [-0.3, -0.25) is 14.6 Å². The minimum absolute atomic E-state index is 0. The number of aliphatic hydroxyl groups excluding tert-OH is 1. The molecule has 172 valence electrons. The molecule has 0 saturated heterocycles. The van der Waals surface area contributed by atoms with E-state index in [2.05, 4.69) is 56.0 Å². The SMILES string of the molecule is C.CC.CCC.CO.O=C(O)CCCCCNC(=O)c1cc(CBr)nc(CBr)c1. The summed E-state index contributed by atoms with van der Waals surface area (Å²) in [7, 11) is 1.00. The van der Waals surface area contributed by atoms with Gasteiger partial charge in [0, 0.05) is 36.3 Å². The normalized spacial score (nSPS) is 8.55. The Kier molecular flexibility index (Phi) is 33.0. The van der Waals surface area contributed by atoms with Crippen LogP contribution in [0.3, 0.4) is 0 Å². The van der Waals surface area contributed by atoms with Gasteiger partial charge in [0.25, 0.3) is 5.91 Å². The molecule has 0 bridgehead atoms. The summed E-state index contributed by atoms with van der Waals surface area (Å²) in [5.41, 5.74) is 2.23. The first-order chi connectivity index (χ1) is 13.5. The molecule has 1 amide bonds. The zero-order chi connectivity index (χ0) is 22.4. The number of carbonyl (C=O) groups is 2. The third-order valence-electron chi connectivity index (χ3n) is 2.82. The topological polar surface area (TPSA) is 99.5 Å². The predicted octanol–water partition coefficient (Wildman–Crippen LogP) is 5.93. The molecule has 0 aliphatic heterocycles. The van der Waals surface area contributed by atoms with Crippen LogP contribution < -0.4 is 5.32 Å². The van der Waals surface area contributed by atoms with Crippen LogP contribution in [-0.2, 0) is 15.5 Å². The number of aliphatic hydroxyl groups is 1. The van der Waals surface area contributed by atoms with E-state index in [1.54, 1.807) is 12.1 Å². The molecule has 0 aliphatic rings. The second-order valence-electron chi connectivity index (χ2n) is 5.27. The van der Waals surface area contributed by atoms with Crippen molar-refractivity contribution in [2.75, 3.05) is 13.7 Å². The highest BCUT2D eigenvalue weighted by molar-refractivity contribution is 9.08. The number of hydrogen-bond donors (Lipinski definition) is 3. The van der Waals surface area contributed by atoms with Crippen LogP contribution in [0.2, 0.25) is 0 Å². The van der Waals surface area contributed by atoms with Gasteiger partial charge in [-0.25, -0.2) is 0 Å². The predicted molar refractivity (Wildman–Crippen MR) is 130 cm³/mol. The van der Waals surface area contributed by atoms with Crippen LogP contribution in [0, 0.1) is 0 Å². The van der Waals surface area contributed by atoms with Gasteiger partial charge in [-0.2, -0.15) is 0 Å². The van der Waals surface area contributed by atoms with Crippen LogP contribution in [-0.4, -0.2) is 40.7 Å². The summed E-state index contributed by atoms with van der Waals surface area (Å²) in [5.74, 6) is -0.902. The lowest BCUT2D eigenvalue weighted by molar-refractivity contribution is -0.137. The lowest BCUT2D eigenvalue weighted by Crippen LogP contribution is -2.24. The van der Waals surface area contributed by atoms with Gasteiger partial charge in [0.1, 0.15) is 0 Å². The van der Waals surface area contributed by atoms with Gasteiger partial charge in [-0.15, -0.1) is 0 Å². The molecule has 1 aromatic rings. The number of hydrogen-bond acceptors (Lipinski definition) is 4. The van der Waals surface area contributed by atoms with Crippen molar-refractivity contribution in [2.24, 2.45) is 0 Å². The average Bonchev–Trinajstić information content (AvgIpc) is 2.73. The fourth-order valence-corrected chi connectivity index (χ4v) is 2.37. The minimum atomic E-state index is -0.777. The Morgan fingerprint density at radius 3 is 1.83 bits per heavy atom. The first kappa shape index (κ1) is 35.4. The minimum Gasteiger partial charge on any atom is -0.481 e. The van der Waals surface area contributed by atoms with Crippen molar-refractivity contribution < 1.29 is 19.8 Å². The maximum Gasteiger partial charge on any atom is 0.303 e. The summed E-state index contributed by atoms with van der Waals surface area (Å²) >= 11 is 6.68. The molecule has 0 fully saturated rings. The largest absolute Gasteiger partial charge is 0.481 e. The zero-order valence-electron chi connectivity index (χ0n) is 17.7. The molecular weight excluding hydrogens is 504 g/mol. The molecule has 29 heavy (non-hydrogen) atoms. The Bertz CT molecular complexity index is 493. The lowest BCUT2D eigenvalue weighted by Gasteiger charge is -2.07. The highest BCUT2D eigenvalue weighted by Crippen LogP contribution is 2.12. The molecule has 0 unspecified atom stereocenters. The van der Waals surface area contributed by atoms with E-state index in [4.69, 9.17) is 10.2 Å². The molecule has 0 aromatic carbocycles. The van der Waals surface area contributed by atoms with Crippen molar-refractivity contribution in [2.45, 2.75) is 77.9 Å². The Balaban J connectivity index is -0.000000347. The van der Waals surface area contributed by atoms with E-state index >= 15 is 0 Å². The van der Waals surface area contributed by atoms with Gasteiger partial charge in [0.05, 0.1) is 11.4 Å². The van der Waals surface area contributed by atoms with E-state index in [9.17, 15) is 9.59 Å². The van der Waals surface area contributed by atoms with E-state index in [0.717, 1.165) is 31.3 Å². The van der Waals surface area contributed by atoms with Crippen molar-refractivity contribution >= 4 is 43.7 Å². The second kappa shape index (κ2) is 27.0. The maximum absolute atomic E-state index is 12.1. The van der Waals surface area contributed by atoms with Crippen LogP contribution in [0.5, 0.6) is 0 Å². The molecule has 6 nitrogen and oxygen atoms in total. The van der Waals surface area contributed by atoms with Crippen molar-refractivity contribution in [3.8, 4) is 0 Å². The Labute approximate surface area is 194 Å². The van der Waals surface area contributed by atoms with Crippen molar-refractivity contribution in [3.63, 3.8) is 0 Å².